The van der Waals surface area contributed by atoms with Gasteiger partial charge >= 0.3 is 6.18 Å². The molecule has 0 unspecified atom stereocenters. The predicted molar refractivity (Wildman–Crippen MR) is 117 cm³/mol. The highest BCUT2D eigenvalue weighted by Gasteiger charge is 2.43. The number of nitrogens with two attached hydrogens (primary N) is 2. The molecule has 0 bridgehead atoms. The second kappa shape index (κ2) is 8.18. The number of aliphatic imine (C=N–C) groups is 2. The van der Waals surface area contributed by atoms with E-state index in [4.69, 9.17) is 11.5 Å². The zero-order chi connectivity index (χ0) is 22.9. The van der Waals surface area contributed by atoms with E-state index in [1.54, 1.807) is 29.2 Å². The van der Waals surface area contributed by atoms with E-state index in [2.05, 4.69) is 15.3 Å². The highest BCUT2D eigenvalue weighted by Crippen LogP contribution is 2.42. The molecule has 1 heterocycles. The van der Waals surface area contributed by atoms with Gasteiger partial charge in [-0.05, 0) is 62.1 Å². The summed E-state index contributed by atoms with van der Waals surface area (Å²) in [6.07, 6.45) is -0.0464. The van der Waals surface area contributed by atoms with E-state index in [9.17, 15) is 18.0 Å². The van der Waals surface area contributed by atoms with Crippen LogP contribution in [0.5, 0.6) is 0 Å². The van der Waals surface area contributed by atoms with Gasteiger partial charge in [-0.1, -0.05) is 18.6 Å². The molecule has 1 spiro atoms. The maximum atomic E-state index is 12.8. The number of carbonyl (C=O) groups is 1. The van der Waals surface area contributed by atoms with Crippen LogP contribution in [-0.4, -0.2) is 23.5 Å². The fourth-order valence-electron chi connectivity index (χ4n) is 4.25. The maximum Gasteiger partial charge on any atom is 0.416 e. The molecule has 1 saturated carbocycles. The van der Waals surface area contributed by atoms with Gasteiger partial charge in [-0.3, -0.25) is 9.69 Å². The van der Waals surface area contributed by atoms with Gasteiger partial charge in [0.25, 0.3) is 5.91 Å². The fraction of sp³-hybridized carbons (Fsp3) is 0.318. The van der Waals surface area contributed by atoms with Crippen molar-refractivity contribution in [2.24, 2.45) is 21.5 Å². The van der Waals surface area contributed by atoms with Gasteiger partial charge in [-0.2, -0.15) is 18.2 Å². The summed E-state index contributed by atoms with van der Waals surface area (Å²) in [5.41, 5.74) is 11.8. The van der Waals surface area contributed by atoms with Crippen LogP contribution in [0.4, 0.5) is 24.5 Å². The number of amides is 1. The lowest BCUT2D eigenvalue weighted by molar-refractivity contribution is -0.137. The van der Waals surface area contributed by atoms with Gasteiger partial charge in [0.05, 0.1) is 16.9 Å². The van der Waals surface area contributed by atoms with Crippen LogP contribution in [0.2, 0.25) is 0 Å². The Bertz CT molecular complexity index is 1070. The molecule has 2 aromatic rings. The van der Waals surface area contributed by atoms with E-state index >= 15 is 0 Å². The van der Waals surface area contributed by atoms with Crippen molar-refractivity contribution in [3.05, 3.63) is 59.7 Å². The van der Waals surface area contributed by atoms with Crippen molar-refractivity contribution < 1.29 is 18.0 Å². The molecule has 7 nitrogen and oxygen atoms in total. The van der Waals surface area contributed by atoms with E-state index < -0.39 is 23.3 Å². The molecule has 0 aromatic heterocycles. The number of halogens is 3. The van der Waals surface area contributed by atoms with Crippen molar-refractivity contribution in [2.75, 3.05) is 10.2 Å². The Morgan fingerprint density at radius 3 is 2.31 bits per heavy atom. The highest BCUT2D eigenvalue weighted by atomic mass is 19.4. The molecule has 5 N–H and O–H groups in total. The number of alkyl halides is 3. The molecule has 1 fully saturated rings. The number of hydrogen-bond donors (Lipinski definition) is 3. The van der Waals surface area contributed by atoms with E-state index in [1.807, 2.05) is 0 Å². The fourth-order valence-corrected chi connectivity index (χ4v) is 4.25. The van der Waals surface area contributed by atoms with Crippen molar-refractivity contribution in [3.8, 4) is 0 Å². The number of nitrogens with one attached hydrogen (secondary N) is 1. The minimum atomic E-state index is -4.47. The zero-order valence-corrected chi connectivity index (χ0v) is 17.2. The lowest BCUT2D eigenvalue weighted by Crippen LogP contribution is -2.58. The maximum absolute atomic E-state index is 12.8. The quantitative estimate of drug-likeness (QED) is 0.663. The van der Waals surface area contributed by atoms with Gasteiger partial charge in [0.1, 0.15) is 5.66 Å². The average molecular weight is 444 g/mol. The van der Waals surface area contributed by atoms with Crippen molar-refractivity contribution in [2.45, 2.75) is 43.9 Å². The summed E-state index contributed by atoms with van der Waals surface area (Å²) in [7, 11) is 0. The molecule has 2 aliphatic rings. The van der Waals surface area contributed by atoms with Crippen LogP contribution in [0, 0.1) is 0 Å². The number of nitrogens with zero attached hydrogens (tertiary/aromatic N) is 3. The Labute approximate surface area is 183 Å². The largest absolute Gasteiger partial charge is 0.416 e. The van der Waals surface area contributed by atoms with Crippen LogP contribution in [0.1, 0.15) is 48.0 Å². The number of rotatable bonds is 3. The topological polar surface area (TPSA) is 109 Å². The average Bonchev–Trinajstić information content (AvgIpc) is 2.74. The lowest BCUT2D eigenvalue weighted by atomic mass is 9.87. The van der Waals surface area contributed by atoms with E-state index in [-0.39, 0.29) is 17.5 Å². The molecule has 10 heteroatoms. The summed E-state index contributed by atoms with van der Waals surface area (Å²) in [6, 6.07) is 11.1. The zero-order valence-electron chi connectivity index (χ0n) is 17.2. The highest BCUT2D eigenvalue weighted by molar-refractivity contribution is 6.10. The molecule has 0 atom stereocenters. The second-order valence-electron chi connectivity index (χ2n) is 7.86. The summed E-state index contributed by atoms with van der Waals surface area (Å²) >= 11 is 0. The molecule has 4 rings (SSSR count). The van der Waals surface area contributed by atoms with Gasteiger partial charge in [-0.25, -0.2) is 4.99 Å². The summed E-state index contributed by atoms with van der Waals surface area (Å²) < 4.78 is 38.4. The third-order valence-electron chi connectivity index (χ3n) is 5.72. The molecule has 2 aromatic carbocycles. The van der Waals surface area contributed by atoms with Gasteiger partial charge in [0.2, 0.25) is 11.9 Å². The van der Waals surface area contributed by atoms with Crippen molar-refractivity contribution in [1.29, 1.82) is 0 Å². The van der Waals surface area contributed by atoms with Crippen LogP contribution >= 0.6 is 0 Å². The Balaban J connectivity index is 1.66. The smallest absolute Gasteiger partial charge is 0.369 e. The summed E-state index contributed by atoms with van der Waals surface area (Å²) in [5, 5.41) is 2.78. The van der Waals surface area contributed by atoms with Gasteiger partial charge in [-0.15, -0.1) is 0 Å². The standard InChI is InChI=1S/C22H23F3N6O/c23-22(24,25)15-10-8-14(9-11-15)18(32)28-16-6-2-3-7-17(16)31-20(27)29-19(26)30-21(31)12-4-1-5-13-21/h2-3,6-11H,1,4-5,12-13H2,(H,28,32)(H4,26,27,29,30). The normalized spacial score (nSPS) is 18.2. The van der Waals surface area contributed by atoms with Crippen molar-refractivity contribution >= 4 is 29.2 Å². The molecular formula is C22H23F3N6O. The van der Waals surface area contributed by atoms with Crippen LogP contribution < -0.4 is 21.7 Å². The molecule has 32 heavy (non-hydrogen) atoms. The third-order valence-corrected chi connectivity index (χ3v) is 5.72. The Kier molecular flexibility index (Phi) is 5.53. The molecular weight excluding hydrogens is 421 g/mol. The number of para-hydroxylation sites is 2. The minimum Gasteiger partial charge on any atom is -0.369 e. The lowest BCUT2D eigenvalue weighted by Gasteiger charge is -2.46. The molecule has 1 amide bonds. The summed E-state index contributed by atoms with van der Waals surface area (Å²) in [6.45, 7) is 0. The monoisotopic (exact) mass is 444 g/mol. The number of carbonyl (C=O) groups excluding carboxylic acids is 1. The molecule has 0 saturated heterocycles. The first kappa shape index (κ1) is 21.7. The van der Waals surface area contributed by atoms with E-state index in [0.717, 1.165) is 56.4 Å². The molecule has 168 valence electrons. The summed E-state index contributed by atoms with van der Waals surface area (Å²) in [4.78, 5) is 23.3. The van der Waals surface area contributed by atoms with Crippen LogP contribution in [0.25, 0.3) is 0 Å². The number of anilines is 2. The van der Waals surface area contributed by atoms with Gasteiger partial charge in [0, 0.05) is 5.56 Å². The Morgan fingerprint density at radius 1 is 1.00 bits per heavy atom. The second-order valence-corrected chi connectivity index (χ2v) is 7.86. The van der Waals surface area contributed by atoms with Crippen LogP contribution in [0.3, 0.4) is 0 Å². The summed E-state index contributed by atoms with van der Waals surface area (Å²) in [5.74, 6) is -0.248. The van der Waals surface area contributed by atoms with Gasteiger partial charge in [0.15, 0.2) is 0 Å². The Morgan fingerprint density at radius 2 is 1.66 bits per heavy atom. The number of benzene rings is 2. The molecule has 1 aliphatic heterocycles. The van der Waals surface area contributed by atoms with Crippen molar-refractivity contribution in [1.82, 2.24) is 0 Å². The van der Waals surface area contributed by atoms with E-state index in [0.29, 0.717) is 11.4 Å². The molecule has 0 radical (unpaired) electrons. The Hall–Kier alpha value is -3.56. The first-order valence-corrected chi connectivity index (χ1v) is 10.3. The number of hydrogen-bond acceptors (Lipinski definition) is 6. The predicted octanol–water partition coefficient (Wildman–Crippen LogP) is 4.07. The van der Waals surface area contributed by atoms with Crippen molar-refractivity contribution in [3.63, 3.8) is 0 Å². The van der Waals surface area contributed by atoms with Crippen LogP contribution in [0.15, 0.2) is 58.5 Å². The first-order chi connectivity index (χ1) is 15.2. The van der Waals surface area contributed by atoms with Gasteiger partial charge < -0.3 is 16.8 Å². The van der Waals surface area contributed by atoms with E-state index in [1.165, 1.54) is 0 Å². The SMILES string of the molecule is NC1=NC2(CCCCC2)N(c2ccccc2NC(=O)c2ccc(C(F)(F)F)cc2)C(N)=N1. The molecule has 1 aliphatic carbocycles. The minimum absolute atomic E-state index is 0.0998. The number of guanidine groups is 2. The first-order valence-electron chi connectivity index (χ1n) is 10.3. The van der Waals surface area contributed by atoms with Crippen LogP contribution in [-0.2, 0) is 6.18 Å². The third kappa shape index (κ3) is 4.12.